The van der Waals surface area contributed by atoms with Gasteiger partial charge < -0.3 is 5.84 Å². The highest BCUT2D eigenvalue weighted by atomic mass is 35.5. The SMILES string of the molecule is Nn1c(Cc2ccccc2)nnc1SCc1cccc(Cl)c1. The van der Waals surface area contributed by atoms with Crippen LogP contribution in [0, 0.1) is 0 Å². The Morgan fingerprint density at radius 1 is 1.00 bits per heavy atom. The topological polar surface area (TPSA) is 56.7 Å². The summed E-state index contributed by atoms with van der Waals surface area (Å²) in [6, 6.07) is 17.9. The summed E-state index contributed by atoms with van der Waals surface area (Å²) in [6.45, 7) is 0. The second kappa shape index (κ2) is 6.85. The van der Waals surface area contributed by atoms with Crippen molar-refractivity contribution >= 4 is 23.4 Å². The summed E-state index contributed by atoms with van der Waals surface area (Å²) in [7, 11) is 0. The molecule has 0 aliphatic carbocycles. The number of hydrogen-bond donors (Lipinski definition) is 1. The van der Waals surface area contributed by atoms with Crippen LogP contribution in [0.25, 0.3) is 0 Å². The Hall–Kier alpha value is -1.98. The van der Waals surface area contributed by atoms with Crippen LogP contribution >= 0.6 is 23.4 Å². The lowest BCUT2D eigenvalue weighted by atomic mass is 10.1. The van der Waals surface area contributed by atoms with Gasteiger partial charge in [0.15, 0.2) is 5.82 Å². The molecule has 4 nitrogen and oxygen atoms in total. The van der Waals surface area contributed by atoms with E-state index in [0.29, 0.717) is 11.6 Å². The number of benzene rings is 2. The lowest BCUT2D eigenvalue weighted by Gasteiger charge is -2.04. The molecule has 0 radical (unpaired) electrons. The molecule has 22 heavy (non-hydrogen) atoms. The molecule has 2 N–H and O–H groups in total. The minimum absolute atomic E-state index is 0.669. The van der Waals surface area contributed by atoms with Crippen LogP contribution in [0.1, 0.15) is 17.0 Å². The monoisotopic (exact) mass is 330 g/mol. The van der Waals surface area contributed by atoms with Crippen LogP contribution in [0.2, 0.25) is 5.02 Å². The highest BCUT2D eigenvalue weighted by Gasteiger charge is 2.11. The first kappa shape index (κ1) is 14.9. The number of hydrogen-bond acceptors (Lipinski definition) is 4. The molecule has 0 bridgehead atoms. The summed E-state index contributed by atoms with van der Waals surface area (Å²) in [6.07, 6.45) is 0.669. The van der Waals surface area contributed by atoms with Crippen molar-refractivity contribution in [3.05, 3.63) is 76.6 Å². The standard InChI is InChI=1S/C16H15ClN4S/c17-14-8-4-7-13(9-14)11-22-16-20-19-15(21(16)18)10-12-5-2-1-3-6-12/h1-9H,10-11,18H2. The molecule has 0 saturated heterocycles. The molecule has 1 heterocycles. The molecule has 112 valence electrons. The summed E-state index contributed by atoms with van der Waals surface area (Å²) >= 11 is 7.53. The van der Waals surface area contributed by atoms with Gasteiger partial charge in [-0.2, -0.15) is 0 Å². The van der Waals surface area contributed by atoms with E-state index < -0.39 is 0 Å². The first-order valence-electron chi connectivity index (χ1n) is 6.83. The van der Waals surface area contributed by atoms with E-state index in [-0.39, 0.29) is 0 Å². The van der Waals surface area contributed by atoms with Gasteiger partial charge in [-0.3, -0.25) is 0 Å². The van der Waals surface area contributed by atoms with Gasteiger partial charge in [-0.1, -0.05) is 65.8 Å². The number of nitrogens with two attached hydrogens (primary N) is 1. The molecule has 0 spiro atoms. The highest BCUT2D eigenvalue weighted by molar-refractivity contribution is 7.98. The zero-order valence-electron chi connectivity index (χ0n) is 11.8. The van der Waals surface area contributed by atoms with Crippen LogP contribution < -0.4 is 5.84 Å². The Morgan fingerprint density at radius 3 is 2.55 bits per heavy atom. The Kier molecular flexibility index (Phi) is 4.65. The van der Waals surface area contributed by atoms with Gasteiger partial charge in [-0.15, -0.1) is 10.2 Å². The van der Waals surface area contributed by atoms with Crippen LogP contribution in [0.3, 0.4) is 0 Å². The molecule has 0 atom stereocenters. The predicted molar refractivity (Wildman–Crippen MR) is 90.4 cm³/mol. The normalized spacial score (nSPS) is 10.8. The number of nitrogen functional groups attached to an aromatic ring is 1. The Labute approximate surface area is 138 Å². The number of rotatable bonds is 5. The van der Waals surface area contributed by atoms with Crippen LogP contribution in [0.4, 0.5) is 0 Å². The Morgan fingerprint density at radius 2 is 1.77 bits per heavy atom. The van der Waals surface area contributed by atoms with Crippen molar-refractivity contribution in [2.75, 3.05) is 5.84 Å². The molecule has 1 aromatic heterocycles. The summed E-state index contributed by atoms with van der Waals surface area (Å²) in [5.41, 5.74) is 2.29. The maximum absolute atomic E-state index is 6.09. The van der Waals surface area contributed by atoms with Gasteiger partial charge in [-0.05, 0) is 23.3 Å². The first-order chi connectivity index (χ1) is 10.7. The van der Waals surface area contributed by atoms with Crippen molar-refractivity contribution < 1.29 is 0 Å². The highest BCUT2D eigenvalue weighted by Crippen LogP contribution is 2.22. The van der Waals surface area contributed by atoms with E-state index in [4.69, 9.17) is 17.4 Å². The third kappa shape index (κ3) is 3.61. The zero-order valence-corrected chi connectivity index (χ0v) is 13.4. The molecule has 3 aromatic rings. The molecule has 0 amide bonds. The summed E-state index contributed by atoms with van der Waals surface area (Å²) in [5.74, 6) is 7.59. The molecule has 6 heteroatoms. The van der Waals surface area contributed by atoms with Crippen molar-refractivity contribution in [1.82, 2.24) is 14.9 Å². The van der Waals surface area contributed by atoms with Crippen LogP contribution in [0.15, 0.2) is 59.8 Å². The van der Waals surface area contributed by atoms with E-state index in [1.54, 1.807) is 16.4 Å². The molecule has 0 saturated carbocycles. The quantitative estimate of drug-likeness (QED) is 0.574. The lowest BCUT2D eigenvalue weighted by Crippen LogP contribution is -2.14. The Bertz CT molecular complexity index is 758. The van der Waals surface area contributed by atoms with Crippen molar-refractivity contribution in [1.29, 1.82) is 0 Å². The fourth-order valence-electron chi connectivity index (χ4n) is 2.08. The van der Waals surface area contributed by atoms with E-state index in [9.17, 15) is 0 Å². The summed E-state index contributed by atoms with van der Waals surface area (Å²) < 4.78 is 1.56. The van der Waals surface area contributed by atoms with Gasteiger partial charge in [0.25, 0.3) is 0 Å². The third-order valence-corrected chi connectivity index (χ3v) is 4.45. The fraction of sp³-hybridized carbons (Fsp3) is 0.125. The molecule has 3 rings (SSSR count). The van der Waals surface area contributed by atoms with Gasteiger partial charge in [-0.25, -0.2) is 4.68 Å². The van der Waals surface area contributed by atoms with Gasteiger partial charge in [0.2, 0.25) is 5.16 Å². The van der Waals surface area contributed by atoms with E-state index in [1.807, 2.05) is 54.6 Å². The van der Waals surface area contributed by atoms with E-state index in [0.717, 1.165) is 27.7 Å². The zero-order chi connectivity index (χ0) is 15.4. The van der Waals surface area contributed by atoms with Gasteiger partial charge in [0, 0.05) is 17.2 Å². The number of aromatic nitrogens is 3. The maximum atomic E-state index is 6.09. The average molecular weight is 331 g/mol. The van der Waals surface area contributed by atoms with E-state index in [1.165, 1.54) is 0 Å². The number of halogens is 1. The Balaban J connectivity index is 1.68. The minimum atomic E-state index is 0.669. The first-order valence-corrected chi connectivity index (χ1v) is 8.19. The van der Waals surface area contributed by atoms with Crippen molar-refractivity contribution in [3.63, 3.8) is 0 Å². The van der Waals surface area contributed by atoms with Crippen LogP contribution in [-0.2, 0) is 12.2 Å². The predicted octanol–water partition coefficient (Wildman–Crippen LogP) is 3.53. The molecule has 2 aromatic carbocycles. The largest absolute Gasteiger partial charge is 0.336 e. The minimum Gasteiger partial charge on any atom is -0.336 e. The lowest BCUT2D eigenvalue weighted by molar-refractivity contribution is 0.805. The number of nitrogens with zero attached hydrogens (tertiary/aromatic N) is 3. The second-order valence-electron chi connectivity index (χ2n) is 4.85. The van der Waals surface area contributed by atoms with Crippen molar-refractivity contribution in [3.8, 4) is 0 Å². The third-order valence-electron chi connectivity index (χ3n) is 3.20. The molecule has 0 unspecified atom stereocenters. The molecular formula is C16H15ClN4S. The molecule has 0 aliphatic rings. The second-order valence-corrected chi connectivity index (χ2v) is 6.23. The van der Waals surface area contributed by atoms with Crippen LogP contribution in [-0.4, -0.2) is 14.9 Å². The van der Waals surface area contributed by atoms with Crippen LogP contribution in [0.5, 0.6) is 0 Å². The smallest absolute Gasteiger partial charge is 0.210 e. The molecule has 0 fully saturated rings. The summed E-state index contributed by atoms with van der Waals surface area (Å²) in [4.78, 5) is 0. The van der Waals surface area contributed by atoms with E-state index in [2.05, 4.69) is 10.2 Å². The maximum Gasteiger partial charge on any atom is 0.210 e. The van der Waals surface area contributed by atoms with Crippen molar-refractivity contribution in [2.24, 2.45) is 0 Å². The number of thioether (sulfide) groups is 1. The fourth-order valence-corrected chi connectivity index (χ4v) is 3.11. The summed E-state index contributed by atoms with van der Waals surface area (Å²) in [5, 5.41) is 9.78. The van der Waals surface area contributed by atoms with Gasteiger partial charge in [0.05, 0.1) is 0 Å². The van der Waals surface area contributed by atoms with Crippen molar-refractivity contribution in [2.45, 2.75) is 17.3 Å². The molecule has 0 aliphatic heterocycles. The molecular weight excluding hydrogens is 316 g/mol. The van der Waals surface area contributed by atoms with Gasteiger partial charge in [0.1, 0.15) is 0 Å². The average Bonchev–Trinajstić information content (AvgIpc) is 2.87. The van der Waals surface area contributed by atoms with E-state index >= 15 is 0 Å². The van der Waals surface area contributed by atoms with Gasteiger partial charge >= 0.3 is 0 Å².